The average molecular weight is 259 g/mol. The lowest BCUT2D eigenvalue weighted by atomic mass is 9.64. The van der Waals surface area contributed by atoms with Crippen LogP contribution in [0.1, 0.15) is 12.8 Å². The van der Waals surface area contributed by atoms with Crippen molar-refractivity contribution >= 4 is 23.0 Å². The molecule has 7 nitrogen and oxygen atoms in total. The first-order valence-electron chi connectivity index (χ1n) is 5.94. The summed E-state index contributed by atoms with van der Waals surface area (Å²) in [7, 11) is 0. The Morgan fingerprint density at radius 1 is 1.37 bits per heavy atom. The van der Waals surface area contributed by atoms with E-state index in [1.807, 2.05) is 0 Å². The van der Waals surface area contributed by atoms with Crippen molar-refractivity contribution in [2.75, 3.05) is 0 Å². The molecule has 2 saturated heterocycles. The van der Waals surface area contributed by atoms with Gasteiger partial charge in [0.25, 0.3) is 5.91 Å². The number of nitrogens with zero attached hydrogens (tertiary/aromatic N) is 2. The zero-order valence-corrected chi connectivity index (χ0v) is 9.75. The van der Waals surface area contributed by atoms with Gasteiger partial charge in [0, 0.05) is 12.1 Å². The second-order valence-corrected chi connectivity index (χ2v) is 4.98. The van der Waals surface area contributed by atoms with Crippen molar-refractivity contribution in [2.45, 2.75) is 18.4 Å². The molecule has 1 N–H and O–H groups in total. The van der Waals surface area contributed by atoms with Crippen LogP contribution in [0.3, 0.4) is 0 Å². The number of aromatic nitrogens is 2. The summed E-state index contributed by atoms with van der Waals surface area (Å²) < 4.78 is 6.38. The van der Waals surface area contributed by atoms with Gasteiger partial charge in [0.15, 0.2) is 11.2 Å². The Bertz CT molecular complexity index is 782. The topological polar surface area (TPSA) is 94.2 Å². The van der Waals surface area contributed by atoms with E-state index in [0.29, 0.717) is 24.1 Å². The lowest BCUT2D eigenvalue weighted by molar-refractivity contribution is -0.156. The third-order valence-corrected chi connectivity index (χ3v) is 3.97. The fraction of sp³-hybridized carbons (Fsp3) is 0.333. The van der Waals surface area contributed by atoms with Gasteiger partial charge in [-0.05, 0) is 25.0 Å². The number of oxazole rings is 1. The highest BCUT2D eigenvalue weighted by Gasteiger charge is 2.60. The first-order chi connectivity index (χ1) is 9.12. The maximum absolute atomic E-state index is 12.1. The molecular weight excluding hydrogens is 250 g/mol. The summed E-state index contributed by atoms with van der Waals surface area (Å²) in [5, 5.41) is 2.29. The third kappa shape index (κ3) is 1.12. The van der Waals surface area contributed by atoms with Gasteiger partial charge >= 0.3 is 5.76 Å². The number of fused-ring (bicyclic) bond motifs is 3. The Balaban J connectivity index is 1.97. The summed E-state index contributed by atoms with van der Waals surface area (Å²) in [6, 6.07) is 3.28. The predicted molar refractivity (Wildman–Crippen MR) is 62.1 cm³/mol. The van der Waals surface area contributed by atoms with Crippen LogP contribution < -0.4 is 11.1 Å². The molecule has 0 atom stereocenters. The maximum atomic E-state index is 12.1. The van der Waals surface area contributed by atoms with Crippen molar-refractivity contribution in [2.24, 2.45) is 5.92 Å². The molecule has 2 amide bonds. The van der Waals surface area contributed by atoms with Gasteiger partial charge in [0.1, 0.15) is 5.54 Å². The number of imide groups is 1. The van der Waals surface area contributed by atoms with Gasteiger partial charge in [-0.2, -0.15) is 0 Å². The Labute approximate surface area is 106 Å². The summed E-state index contributed by atoms with van der Waals surface area (Å²) in [6.45, 7) is 0. The average Bonchev–Trinajstić information content (AvgIpc) is 2.64. The standard InChI is InChI=1S/C12H9N3O4/c16-9-6-4-12(5-6,10(17)14-9)15-8-7(19-11(15)18)2-1-3-13-8/h1-3,6H,4-5H2,(H,14,16,17). The highest BCUT2D eigenvalue weighted by molar-refractivity contribution is 6.06. The zero-order valence-electron chi connectivity index (χ0n) is 9.75. The lowest BCUT2D eigenvalue weighted by Crippen LogP contribution is -2.68. The van der Waals surface area contributed by atoms with Crippen LogP contribution in [-0.2, 0) is 15.1 Å². The molecule has 2 aromatic rings. The van der Waals surface area contributed by atoms with E-state index in [1.54, 1.807) is 12.1 Å². The molecule has 0 radical (unpaired) electrons. The van der Waals surface area contributed by atoms with E-state index in [4.69, 9.17) is 4.42 Å². The minimum atomic E-state index is -1.02. The molecule has 0 aromatic carbocycles. The Hall–Kier alpha value is -2.44. The van der Waals surface area contributed by atoms with Gasteiger partial charge < -0.3 is 4.42 Å². The monoisotopic (exact) mass is 259 g/mol. The smallest absolute Gasteiger partial charge is 0.406 e. The van der Waals surface area contributed by atoms with E-state index in [0.717, 1.165) is 0 Å². The SMILES string of the molecule is O=C1NC(=O)C2(n3c(=O)oc4cccnc43)CC1C2. The van der Waals surface area contributed by atoms with Crippen molar-refractivity contribution in [3.63, 3.8) is 0 Å². The van der Waals surface area contributed by atoms with Crippen molar-refractivity contribution in [3.05, 3.63) is 28.9 Å². The summed E-state index contributed by atoms with van der Waals surface area (Å²) in [5.41, 5.74) is -0.333. The lowest BCUT2D eigenvalue weighted by Gasteiger charge is -2.49. The normalized spacial score (nSPS) is 29.2. The molecule has 5 rings (SSSR count). The molecule has 2 aliphatic heterocycles. The Morgan fingerprint density at radius 2 is 2.16 bits per heavy atom. The number of pyridine rings is 1. The van der Waals surface area contributed by atoms with Crippen LogP contribution in [0.5, 0.6) is 0 Å². The molecular formula is C12H9N3O4. The number of piperidine rings is 2. The third-order valence-electron chi connectivity index (χ3n) is 3.97. The van der Waals surface area contributed by atoms with Crippen LogP contribution in [0.4, 0.5) is 0 Å². The van der Waals surface area contributed by atoms with Crippen LogP contribution in [-0.4, -0.2) is 21.4 Å². The molecule has 3 aliphatic rings. The van der Waals surface area contributed by atoms with E-state index in [-0.39, 0.29) is 11.8 Å². The minimum absolute atomic E-state index is 0.210. The van der Waals surface area contributed by atoms with Crippen molar-refractivity contribution in [1.29, 1.82) is 0 Å². The minimum Gasteiger partial charge on any atom is -0.406 e. The van der Waals surface area contributed by atoms with Crippen LogP contribution in [0.2, 0.25) is 0 Å². The molecule has 1 saturated carbocycles. The summed E-state index contributed by atoms with van der Waals surface area (Å²) in [5.74, 6) is -1.54. The fourth-order valence-electron chi connectivity index (χ4n) is 2.97. The highest BCUT2D eigenvalue weighted by atomic mass is 16.4. The van der Waals surface area contributed by atoms with Gasteiger partial charge in [-0.1, -0.05) is 0 Å². The van der Waals surface area contributed by atoms with Crippen LogP contribution in [0.15, 0.2) is 27.5 Å². The molecule has 0 unspecified atom stereocenters. The molecule has 1 aliphatic carbocycles. The number of carbonyl (C=O) groups is 2. The molecule has 96 valence electrons. The Kier molecular flexibility index (Phi) is 1.72. The molecule has 2 aromatic heterocycles. The maximum Gasteiger partial charge on any atom is 0.422 e. The second-order valence-electron chi connectivity index (χ2n) is 4.98. The number of hydrogen-bond acceptors (Lipinski definition) is 5. The number of carbonyl (C=O) groups excluding carboxylic acids is 2. The summed E-state index contributed by atoms with van der Waals surface area (Å²) in [4.78, 5) is 39.6. The Morgan fingerprint density at radius 3 is 2.89 bits per heavy atom. The van der Waals surface area contributed by atoms with E-state index in [1.165, 1.54) is 10.8 Å². The van der Waals surface area contributed by atoms with Gasteiger partial charge in [0.05, 0.1) is 0 Å². The molecule has 3 fully saturated rings. The van der Waals surface area contributed by atoms with Gasteiger partial charge in [-0.15, -0.1) is 0 Å². The van der Waals surface area contributed by atoms with Crippen molar-refractivity contribution in [3.8, 4) is 0 Å². The van der Waals surface area contributed by atoms with E-state index in [9.17, 15) is 14.4 Å². The molecule has 19 heavy (non-hydrogen) atoms. The molecule has 7 heteroatoms. The van der Waals surface area contributed by atoms with E-state index < -0.39 is 17.2 Å². The number of rotatable bonds is 1. The van der Waals surface area contributed by atoms with E-state index in [2.05, 4.69) is 10.3 Å². The van der Waals surface area contributed by atoms with Gasteiger partial charge in [0.2, 0.25) is 5.91 Å². The van der Waals surface area contributed by atoms with Crippen LogP contribution in [0.25, 0.3) is 11.2 Å². The van der Waals surface area contributed by atoms with Crippen LogP contribution >= 0.6 is 0 Å². The largest absolute Gasteiger partial charge is 0.422 e. The predicted octanol–water partition coefficient (Wildman–Crippen LogP) is -0.249. The van der Waals surface area contributed by atoms with Crippen molar-refractivity contribution < 1.29 is 14.0 Å². The van der Waals surface area contributed by atoms with E-state index >= 15 is 0 Å². The number of amides is 2. The number of nitrogens with one attached hydrogen (secondary N) is 1. The quantitative estimate of drug-likeness (QED) is 0.713. The first kappa shape index (κ1) is 10.5. The second kappa shape index (κ2) is 3.11. The zero-order chi connectivity index (χ0) is 13.2. The molecule has 2 bridgehead atoms. The highest BCUT2D eigenvalue weighted by Crippen LogP contribution is 2.47. The van der Waals surface area contributed by atoms with Crippen molar-refractivity contribution in [1.82, 2.24) is 14.9 Å². The van der Waals surface area contributed by atoms with Gasteiger partial charge in [-0.25, -0.2) is 14.3 Å². The van der Waals surface area contributed by atoms with Crippen LogP contribution in [0, 0.1) is 5.92 Å². The van der Waals surface area contributed by atoms with Gasteiger partial charge in [-0.3, -0.25) is 14.9 Å². The number of hydrogen-bond donors (Lipinski definition) is 1. The fourth-order valence-corrected chi connectivity index (χ4v) is 2.97. The molecule has 4 heterocycles. The molecule has 0 spiro atoms. The summed E-state index contributed by atoms with van der Waals surface area (Å²) >= 11 is 0. The first-order valence-corrected chi connectivity index (χ1v) is 5.94. The summed E-state index contributed by atoms with van der Waals surface area (Å²) in [6.07, 6.45) is 2.21.